The van der Waals surface area contributed by atoms with Crippen LogP contribution in [0.1, 0.15) is 16.8 Å². The standard InChI is InChI=1S/C18H18BrN3O4S/c19-15-7-1-2-8-16(15)21-17(23)12-20-18(24)13-5-3-6-14(11-13)22-9-4-10-27(22,25)26/h1-3,5-8,11H,4,9-10,12H2,(H,20,24)(H,21,23). The summed E-state index contributed by atoms with van der Waals surface area (Å²) in [6, 6.07) is 13.5. The molecule has 0 aromatic heterocycles. The highest BCUT2D eigenvalue weighted by Crippen LogP contribution is 2.24. The van der Waals surface area contributed by atoms with E-state index in [1.807, 2.05) is 6.07 Å². The molecule has 1 aliphatic rings. The molecule has 3 rings (SSSR count). The highest BCUT2D eigenvalue weighted by Gasteiger charge is 2.28. The SMILES string of the molecule is O=C(CNC(=O)c1cccc(N2CCCS2(=O)=O)c1)Nc1ccccc1Br. The van der Waals surface area contributed by atoms with Gasteiger partial charge in [-0.15, -0.1) is 0 Å². The third-order valence-electron chi connectivity index (χ3n) is 4.05. The van der Waals surface area contributed by atoms with Crippen LogP contribution in [0.15, 0.2) is 53.0 Å². The number of carbonyl (C=O) groups is 2. The maximum Gasteiger partial charge on any atom is 0.251 e. The molecule has 0 saturated carbocycles. The van der Waals surface area contributed by atoms with Crippen molar-refractivity contribution < 1.29 is 18.0 Å². The smallest absolute Gasteiger partial charge is 0.251 e. The van der Waals surface area contributed by atoms with Crippen molar-refractivity contribution in [3.8, 4) is 0 Å². The lowest BCUT2D eigenvalue weighted by molar-refractivity contribution is -0.115. The Morgan fingerprint density at radius 2 is 1.89 bits per heavy atom. The number of amides is 2. The van der Waals surface area contributed by atoms with Crippen LogP contribution in [0.4, 0.5) is 11.4 Å². The maximum absolute atomic E-state index is 12.3. The predicted octanol–water partition coefficient (Wildman–Crippen LogP) is 2.36. The number of para-hydroxylation sites is 1. The summed E-state index contributed by atoms with van der Waals surface area (Å²) in [4.78, 5) is 24.4. The van der Waals surface area contributed by atoms with Crippen LogP contribution in [0.2, 0.25) is 0 Å². The molecule has 0 radical (unpaired) electrons. The normalized spacial score (nSPS) is 15.4. The van der Waals surface area contributed by atoms with E-state index in [1.54, 1.807) is 36.4 Å². The summed E-state index contributed by atoms with van der Waals surface area (Å²) in [5.74, 6) is -0.706. The maximum atomic E-state index is 12.3. The van der Waals surface area contributed by atoms with Crippen LogP contribution in [0.5, 0.6) is 0 Å². The number of halogens is 1. The van der Waals surface area contributed by atoms with Crippen molar-refractivity contribution in [3.05, 3.63) is 58.6 Å². The fourth-order valence-electron chi connectivity index (χ4n) is 2.75. The molecule has 9 heteroatoms. The second-order valence-electron chi connectivity index (χ2n) is 6.00. The third kappa shape index (κ3) is 4.67. The van der Waals surface area contributed by atoms with Crippen LogP contribution >= 0.6 is 15.9 Å². The first-order valence-corrected chi connectivity index (χ1v) is 10.7. The first-order chi connectivity index (χ1) is 12.9. The molecule has 7 nitrogen and oxygen atoms in total. The second-order valence-corrected chi connectivity index (χ2v) is 8.87. The van der Waals surface area contributed by atoms with Crippen molar-refractivity contribution in [2.75, 3.05) is 28.5 Å². The number of sulfonamides is 1. The molecular weight excluding hydrogens is 434 g/mol. The monoisotopic (exact) mass is 451 g/mol. The number of nitrogens with one attached hydrogen (secondary N) is 2. The zero-order valence-electron chi connectivity index (χ0n) is 14.3. The molecule has 0 spiro atoms. The summed E-state index contributed by atoms with van der Waals surface area (Å²) in [5, 5.41) is 5.24. The molecule has 0 atom stereocenters. The lowest BCUT2D eigenvalue weighted by atomic mass is 10.2. The molecule has 0 aliphatic carbocycles. The van der Waals surface area contributed by atoms with Crippen molar-refractivity contribution in [1.29, 1.82) is 0 Å². The molecule has 1 saturated heterocycles. The fourth-order valence-corrected chi connectivity index (χ4v) is 4.69. The summed E-state index contributed by atoms with van der Waals surface area (Å²) < 4.78 is 26.1. The van der Waals surface area contributed by atoms with E-state index in [9.17, 15) is 18.0 Å². The summed E-state index contributed by atoms with van der Waals surface area (Å²) in [6.07, 6.45) is 0.563. The lowest BCUT2D eigenvalue weighted by Gasteiger charge is -2.17. The van der Waals surface area contributed by atoms with Gasteiger partial charge in [0.25, 0.3) is 5.91 Å². The largest absolute Gasteiger partial charge is 0.343 e. The Morgan fingerprint density at radius 1 is 1.11 bits per heavy atom. The lowest BCUT2D eigenvalue weighted by Crippen LogP contribution is -2.33. The van der Waals surface area contributed by atoms with Gasteiger partial charge >= 0.3 is 0 Å². The van der Waals surface area contributed by atoms with Gasteiger partial charge in [-0.2, -0.15) is 0 Å². The van der Waals surface area contributed by atoms with Crippen LogP contribution < -0.4 is 14.9 Å². The van der Waals surface area contributed by atoms with Gasteiger partial charge in [-0.05, 0) is 52.7 Å². The molecule has 2 N–H and O–H groups in total. The van der Waals surface area contributed by atoms with Crippen LogP contribution in [0, 0.1) is 0 Å². The summed E-state index contributed by atoms with van der Waals surface area (Å²) in [6.45, 7) is 0.203. The van der Waals surface area contributed by atoms with E-state index in [2.05, 4.69) is 26.6 Å². The van der Waals surface area contributed by atoms with Gasteiger partial charge < -0.3 is 10.6 Å². The third-order valence-corrected chi connectivity index (χ3v) is 6.61. The van der Waals surface area contributed by atoms with Gasteiger partial charge in [0.2, 0.25) is 15.9 Å². The van der Waals surface area contributed by atoms with Gasteiger partial charge in [0.05, 0.1) is 23.7 Å². The van der Waals surface area contributed by atoms with Gasteiger partial charge in [-0.1, -0.05) is 18.2 Å². The first kappa shape index (κ1) is 19.4. The van der Waals surface area contributed by atoms with Crippen LogP contribution in [-0.4, -0.2) is 39.1 Å². The highest BCUT2D eigenvalue weighted by molar-refractivity contribution is 9.10. The van der Waals surface area contributed by atoms with E-state index in [4.69, 9.17) is 0 Å². The fraction of sp³-hybridized carbons (Fsp3) is 0.222. The molecule has 2 aromatic carbocycles. The molecule has 2 aromatic rings. The Labute approximate surface area is 165 Å². The zero-order chi connectivity index (χ0) is 19.4. The zero-order valence-corrected chi connectivity index (χ0v) is 16.7. The minimum absolute atomic E-state index is 0.110. The molecule has 1 fully saturated rings. The van der Waals surface area contributed by atoms with Crippen LogP contribution in [0.3, 0.4) is 0 Å². The van der Waals surface area contributed by atoms with Gasteiger partial charge in [0.1, 0.15) is 0 Å². The molecule has 1 heterocycles. The second kappa shape index (κ2) is 8.10. The number of benzene rings is 2. The van der Waals surface area contributed by atoms with E-state index in [0.717, 1.165) is 4.47 Å². The summed E-state index contributed by atoms with van der Waals surface area (Å²) in [7, 11) is -3.31. The van der Waals surface area contributed by atoms with Gasteiger partial charge in [0.15, 0.2) is 0 Å². The molecule has 0 unspecified atom stereocenters. The van der Waals surface area contributed by atoms with E-state index in [0.29, 0.717) is 29.9 Å². The highest BCUT2D eigenvalue weighted by atomic mass is 79.9. The molecular formula is C18H18BrN3O4S. The first-order valence-electron chi connectivity index (χ1n) is 8.30. The average Bonchev–Trinajstić information content (AvgIpc) is 3.01. The number of anilines is 2. The number of hydrogen-bond acceptors (Lipinski definition) is 4. The Balaban J connectivity index is 1.62. The Morgan fingerprint density at radius 3 is 2.59 bits per heavy atom. The van der Waals surface area contributed by atoms with Crippen molar-refractivity contribution in [2.24, 2.45) is 0 Å². The summed E-state index contributed by atoms with van der Waals surface area (Å²) >= 11 is 3.34. The number of rotatable bonds is 5. The van der Waals surface area contributed by atoms with E-state index in [-0.39, 0.29) is 18.2 Å². The van der Waals surface area contributed by atoms with Crippen molar-refractivity contribution in [1.82, 2.24) is 5.32 Å². The van der Waals surface area contributed by atoms with Gasteiger partial charge in [-0.25, -0.2) is 8.42 Å². The van der Waals surface area contributed by atoms with Crippen molar-refractivity contribution in [3.63, 3.8) is 0 Å². The summed E-state index contributed by atoms with van der Waals surface area (Å²) in [5.41, 5.74) is 1.36. The minimum Gasteiger partial charge on any atom is -0.343 e. The Hall–Kier alpha value is -2.39. The molecule has 142 valence electrons. The van der Waals surface area contributed by atoms with Crippen molar-refractivity contribution >= 4 is 49.1 Å². The van der Waals surface area contributed by atoms with Gasteiger partial charge in [-0.3, -0.25) is 13.9 Å². The predicted molar refractivity (Wildman–Crippen MR) is 107 cm³/mol. The molecule has 2 amide bonds. The van der Waals surface area contributed by atoms with Crippen LogP contribution in [-0.2, 0) is 14.8 Å². The molecule has 27 heavy (non-hydrogen) atoms. The topological polar surface area (TPSA) is 95.6 Å². The van der Waals surface area contributed by atoms with E-state index in [1.165, 1.54) is 10.4 Å². The molecule has 1 aliphatic heterocycles. The van der Waals surface area contributed by atoms with Gasteiger partial charge in [0, 0.05) is 16.6 Å². The quantitative estimate of drug-likeness (QED) is 0.728. The number of hydrogen-bond donors (Lipinski definition) is 2. The van der Waals surface area contributed by atoms with E-state index < -0.39 is 15.9 Å². The minimum atomic E-state index is -3.31. The Bertz CT molecular complexity index is 978. The number of nitrogens with zero attached hydrogens (tertiary/aromatic N) is 1. The molecule has 0 bridgehead atoms. The van der Waals surface area contributed by atoms with E-state index >= 15 is 0 Å². The van der Waals surface area contributed by atoms with Crippen LogP contribution in [0.25, 0.3) is 0 Å². The Kier molecular flexibility index (Phi) is 5.81. The average molecular weight is 452 g/mol. The van der Waals surface area contributed by atoms with Crippen molar-refractivity contribution in [2.45, 2.75) is 6.42 Å². The number of carbonyl (C=O) groups excluding carboxylic acids is 2.